The standard InChI is InChI=1S/C24H27ClO8/c1-4-30-18-8-5-15(6-9-18)11-16-12-17(7-10-19(16)25)24-22(32-14(2)26)20(27)21(28)23(29-3,33-24)13-31-24/h5-10,12,20-22,27-28H,4,11,13H2,1-3H3/t20-,21-,22+,23-,24-/m0/s1. The van der Waals surface area contributed by atoms with Gasteiger partial charge < -0.3 is 33.9 Å². The summed E-state index contributed by atoms with van der Waals surface area (Å²) in [6.07, 6.45) is -3.81. The number of methoxy groups -OCH3 is 1. The summed E-state index contributed by atoms with van der Waals surface area (Å²) in [6.45, 7) is 3.55. The maximum absolute atomic E-state index is 11.8. The number of carbonyl (C=O) groups excluding carboxylic acids is 1. The average Bonchev–Trinajstić information content (AvgIpc) is 3.18. The molecule has 9 heteroatoms. The second kappa shape index (κ2) is 9.21. The fourth-order valence-electron chi connectivity index (χ4n) is 4.33. The third-order valence-electron chi connectivity index (χ3n) is 5.99. The molecule has 2 heterocycles. The van der Waals surface area contributed by atoms with E-state index in [1.54, 1.807) is 18.2 Å². The van der Waals surface area contributed by atoms with E-state index in [0.29, 0.717) is 23.6 Å². The summed E-state index contributed by atoms with van der Waals surface area (Å²) < 4.78 is 28.3. The van der Waals surface area contributed by atoms with Crippen LogP contribution in [0.3, 0.4) is 0 Å². The number of rotatable bonds is 7. The Balaban J connectivity index is 1.71. The van der Waals surface area contributed by atoms with Gasteiger partial charge in [-0.3, -0.25) is 4.79 Å². The van der Waals surface area contributed by atoms with Crippen molar-refractivity contribution in [1.29, 1.82) is 0 Å². The van der Waals surface area contributed by atoms with Crippen LogP contribution >= 0.6 is 11.6 Å². The van der Waals surface area contributed by atoms with E-state index in [-0.39, 0.29) is 6.61 Å². The molecule has 8 nitrogen and oxygen atoms in total. The van der Waals surface area contributed by atoms with Gasteiger partial charge in [-0.15, -0.1) is 0 Å². The van der Waals surface area contributed by atoms with Gasteiger partial charge in [-0.1, -0.05) is 29.8 Å². The summed E-state index contributed by atoms with van der Waals surface area (Å²) in [5.74, 6) is -3.16. The lowest BCUT2D eigenvalue weighted by molar-refractivity contribution is -0.375. The number of hydrogen-bond acceptors (Lipinski definition) is 8. The summed E-state index contributed by atoms with van der Waals surface area (Å²) in [6, 6.07) is 12.8. The van der Waals surface area contributed by atoms with Crippen LogP contribution in [-0.4, -0.2) is 60.6 Å². The lowest BCUT2D eigenvalue weighted by Gasteiger charge is -2.46. The van der Waals surface area contributed by atoms with Gasteiger partial charge in [0, 0.05) is 24.6 Å². The second-order valence-electron chi connectivity index (χ2n) is 8.10. The zero-order valence-corrected chi connectivity index (χ0v) is 19.4. The first-order valence-corrected chi connectivity index (χ1v) is 11.1. The normalized spacial score (nSPS) is 30.8. The van der Waals surface area contributed by atoms with Gasteiger partial charge in [0.05, 0.1) is 6.61 Å². The van der Waals surface area contributed by atoms with Crippen molar-refractivity contribution in [2.45, 2.75) is 50.2 Å². The summed E-state index contributed by atoms with van der Waals surface area (Å²) >= 11 is 6.49. The molecule has 0 spiro atoms. The second-order valence-corrected chi connectivity index (χ2v) is 8.51. The summed E-state index contributed by atoms with van der Waals surface area (Å²) in [4.78, 5) is 11.8. The van der Waals surface area contributed by atoms with Crippen molar-refractivity contribution in [2.75, 3.05) is 20.3 Å². The topological polar surface area (TPSA) is 104 Å². The molecule has 2 saturated heterocycles. The predicted octanol–water partition coefficient (Wildman–Crippen LogP) is 2.54. The number of hydrogen-bond donors (Lipinski definition) is 2. The first kappa shape index (κ1) is 23.9. The molecule has 2 N–H and O–H groups in total. The molecule has 0 radical (unpaired) electrons. The average molecular weight is 479 g/mol. The zero-order chi connectivity index (χ0) is 23.8. The molecule has 5 atom stereocenters. The lowest BCUT2D eigenvalue weighted by atomic mass is 9.87. The van der Waals surface area contributed by atoms with Crippen LogP contribution in [0.4, 0.5) is 0 Å². The molecular weight excluding hydrogens is 452 g/mol. The molecule has 2 aromatic rings. The number of ether oxygens (including phenoxy) is 5. The molecule has 2 fully saturated rings. The number of aliphatic hydroxyl groups excluding tert-OH is 2. The van der Waals surface area contributed by atoms with Gasteiger partial charge in [0.15, 0.2) is 6.10 Å². The van der Waals surface area contributed by atoms with E-state index in [1.807, 2.05) is 31.2 Å². The molecule has 0 saturated carbocycles. The Kier molecular flexibility index (Phi) is 6.68. The van der Waals surface area contributed by atoms with Crippen molar-refractivity contribution in [3.8, 4) is 5.75 Å². The summed E-state index contributed by atoms with van der Waals surface area (Å²) in [5, 5.41) is 22.0. The highest BCUT2D eigenvalue weighted by atomic mass is 35.5. The molecule has 2 aliphatic rings. The number of fused-ring (bicyclic) bond motifs is 2. The van der Waals surface area contributed by atoms with Gasteiger partial charge in [0.1, 0.15) is 24.6 Å². The van der Waals surface area contributed by atoms with Gasteiger partial charge in [0.2, 0.25) is 11.6 Å². The van der Waals surface area contributed by atoms with Crippen molar-refractivity contribution in [3.05, 3.63) is 64.2 Å². The Hall–Kier alpha value is -2.20. The number of carbonyl (C=O) groups is 1. The van der Waals surface area contributed by atoms with E-state index in [0.717, 1.165) is 16.9 Å². The monoisotopic (exact) mass is 478 g/mol. The maximum Gasteiger partial charge on any atom is 0.303 e. The zero-order valence-electron chi connectivity index (χ0n) is 18.6. The highest BCUT2D eigenvalue weighted by molar-refractivity contribution is 6.31. The third-order valence-corrected chi connectivity index (χ3v) is 6.36. The molecule has 178 valence electrons. The van der Waals surface area contributed by atoms with Crippen LogP contribution in [0.5, 0.6) is 5.75 Å². The van der Waals surface area contributed by atoms with Gasteiger partial charge >= 0.3 is 5.97 Å². The highest BCUT2D eigenvalue weighted by Gasteiger charge is 2.69. The molecule has 0 amide bonds. The molecule has 2 aromatic carbocycles. The molecule has 0 unspecified atom stereocenters. The quantitative estimate of drug-likeness (QED) is 0.585. The Morgan fingerprint density at radius 2 is 1.94 bits per heavy atom. The van der Waals surface area contributed by atoms with E-state index in [2.05, 4.69) is 0 Å². The number of esters is 1. The van der Waals surface area contributed by atoms with Gasteiger partial charge in [-0.2, -0.15) is 0 Å². The van der Waals surface area contributed by atoms with Crippen LogP contribution in [0.1, 0.15) is 30.5 Å². The SMILES string of the molecule is CCOc1ccc(Cc2cc([C@]34OC[C@](OC)(O3)[C@@H](O)[C@H](O)[C@H]4OC(C)=O)ccc2Cl)cc1. The molecule has 0 aliphatic carbocycles. The highest BCUT2D eigenvalue weighted by Crippen LogP contribution is 2.51. The first-order chi connectivity index (χ1) is 15.7. The van der Waals surface area contributed by atoms with Crippen LogP contribution in [0.2, 0.25) is 5.02 Å². The van der Waals surface area contributed by atoms with Crippen LogP contribution in [0.15, 0.2) is 42.5 Å². The molecule has 2 aliphatic heterocycles. The van der Waals surface area contributed by atoms with E-state index in [1.165, 1.54) is 14.0 Å². The Labute approximate surface area is 196 Å². The lowest BCUT2D eigenvalue weighted by Crippen LogP contribution is -2.65. The van der Waals surface area contributed by atoms with Crippen molar-refractivity contribution in [3.63, 3.8) is 0 Å². The van der Waals surface area contributed by atoms with E-state index in [9.17, 15) is 15.0 Å². The van der Waals surface area contributed by atoms with Gasteiger partial charge in [0.25, 0.3) is 0 Å². The molecule has 0 aromatic heterocycles. The van der Waals surface area contributed by atoms with E-state index >= 15 is 0 Å². The summed E-state index contributed by atoms with van der Waals surface area (Å²) in [5.41, 5.74) is 2.26. The largest absolute Gasteiger partial charge is 0.494 e. The Bertz CT molecular complexity index is 1010. The van der Waals surface area contributed by atoms with Crippen LogP contribution in [0, 0.1) is 0 Å². The number of aliphatic hydroxyl groups is 2. The Morgan fingerprint density at radius 1 is 1.21 bits per heavy atom. The molecular formula is C24H27ClO8. The minimum Gasteiger partial charge on any atom is -0.494 e. The minimum absolute atomic E-state index is 0.170. The number of halogens is 1. The van der Waals surface area contributed by atoms with Crippen molar-refractivity contribution < 1.29 is 38.7 Å². The van der Waals surface area contributed by atoms with E-state index < -0.39 is 35.9 Å². The Morgan fingerprint density at radius 3 is 2.58 bits per heavy atom. The maximum atomic E-state index is 11.8. The third kappa shape index (κ3) is 4.23. The van der Waals surface area contributed by atoms with Crippen LogP contribution in [-0.2, 0) is 35.9 Å². The minimum atomic E-state index is -1.68. The summed E-state index contributed by atoms with van der Waals surface area (Å²) in [7, 11) is 1.35. The molecule has 2 bridgehead atoms. The fraction of sp³-hybridized carbons (Fsp3) is 0.458. The smallest absolute Gasteiger partial charge is 0.303 e. The van der Waals surface area contributed by atoms with Crippen LogP contribution in [0.25, 0.3) is 0 Å². The van der Waals surface area contributed by atoms with E-state index in [4.69, 9.17) is 35.3 Å². The van der Waals surface area contributed by atoms with Gasteiger partial charge in [-0.05, 0) is 48.7 Å². The van der Waals surface area contributed by atoms with Crippen LogP contribution < -0.4 is 4.74 Å². The molecule has 33 heavy (non-hydrogen) atoms. The molecule has 4 rings (SSSR count). The van der Waals surface area contributed by atoms with Crippen molar-refractivity contribution in [1.82, 2.24) is 0 Å². The predicted molar refractivity (Wildman–Crippen MR) is 118 cm³/mol. The number of benzene rings is 2. The fourth-order valence-corrected chi connectivity index (χ4v) is 4.52. The van der Waals surface area contributed by atoms with Gasteiger partial charge in [-0.25, -0.2) is 0 Å². The van der Waals surface area contributed by atoms with Crippen molar-refractivity contribution >= 4 is 17.6 Å². The van der Waals surface area contributed by atoms with Crippen molar-refractivity contribution in [2.24, 2.45) is 0 Å². The first-order valence-electron chi connectivity index (χ1n) is 10.7.